The molecule has 0 aromatic heterocycles. The van der Waals surface area contributed by atoms with E-state index in [9.17, 15) is 29.3 Å². The fourth-order valence-electron chi connectivity index (χ4n) is 2.80. The topological polar surface area (TPSA) is 139 Å². The number of amides is 3. The first-order valence-electron chi connectivity index (χ1n) is 8.95. The van der Waals surface area contributed by atoms with Crippen LogP contribution in [-0.2, 0) is 19.1 Å². The van der Waals surface area contributed by atoms with Gasteiger partial charge < -0.3 is 19.9 Å². The molecule has 0 radical (unpaired) electrons. The van der Waals surface area contributed by atoms with E-state index in [1.807, 2.05) is 0 Å². The van der Waals surface area contributed by atoms with Crippen LogP contribution in [0.15, 0.2) is 24.3 Å². The van der Waals surface area contributed by atoms with Gasteiger partial charge in [0.15, 0.2) is 6.10 Å². The third kappa shape index (κ3) is 5.99. The van der Waals surface area contributed by atoms with Gasteiger partial charge in [0.2, 0.25) is 5.91 Å². The van der Waals surface area contributed by atoms with Crippen LogP contribution in [0.25, 0.3) is 0 Å². The van der Waals surface area contributed by atoms with E-state index in [4.69, 9.17) is 4.74 Å². The Balaban J connectivity index is 1.80. The molecule has 2 rings (SSSR count). The number of piperazine rings is 1. The molecule has 1 heterocycles. The van der Waals surface area contributed by atoms with Gasteiger partial charge in [-0.2, -0.15) is 0 Å². The highest BCUT2D eigenvalue weighted by Gasteiger charge is 2.28. The predicted molar refractivity (Wildman–Crippen MR) is 99.8 cm³/mol. The van der Waals surface area contributed by atoms with Gasteiger partial charge in [-0.3, -0.25) is 29.3 Å². The van der Waals surface area contributed by atoms with Crippen LogP contribution in [0.1, 0.15) is 24.2 Å². The summed E-state index contributed by atoms with van der Waals surface area (Å²) in [4.78, 5) is 60.9. The number of ether oxygens (including phenoxy) is 1. The molecule has 1 aromatic rings. The average molecular weight is 406 g/mol. The molecular formula is C18H22N4O7. The number of carbonyl (C=O) groups is 4. The molecule has 0 saturated carbocycles. The second-order valence-corrected chi connectivity index (χ2v) is 6.45. The van der Waals surface area contributed by atoms with E-state index in [1.54, 1.807) is 4.90 Å². The van der Waals surface area contributed by atoms with E-state index in [0.717, 1.165) is 6.07 Å². The molecule has 1 aliphatic heterocycles. The SMILES string of the molecule is CC(=O)N1CCN(C(=O)C(C)OC(=O)CNC(=O)c2cccc([N+](=O)[O-])c2)CC1. The van der Waals surface area contributed by atoms with Crippen LogP contribution in [0.2, 0.25) is 0 Å². The Kier molecular flexibility index (Phi) is 7.23. The van der Waals surface area contributed by atoms with Crippen molar-refractivity contribution in [3.05, 3.63) is 39.9 Å². The summed E-state index contributed by atoms with van der Waals surface area (Å²) in [6.45, 7) is 3.94. The van der Waals surface area contributed by atoms with Crippen LogP contribution in [0, 0.1) is 10.1 Å². The molecule has 1 unspecified atom stereocenters. The molecule has 0 bridgehead atoms. The van der Waals surface area contributed by atoms with Gasteiger partial charge in [-0.05, 0) is 13.0 Å². The number of carbonyl (C=O) groups excluding carboxylic acids is 4. The summed E-state index contributed by atoms with van der Waals surface area (Å²) in [6.07, 6.45) is -1.04. The van der Waals surface area contributed by atoms with Crippen molar-refractivity contribution in [3.63, 3.8) is 0 Å². The quantitative estimate of drug-likeness (QED) is 0.397. The van der Waals surface area contributed by atoms with Gasteiger partial charge in [-0.15, -0.1) is 0 Å². The zero-order valence-electron chi connectivity index (χ0n) is 16.1. The predicted octanol–water partition coefficient (Wildman–Crippen LogP) is -0.0530. The minimum atomic E-state index is -1.04. The fourth-order valence-corrected chi connectivity index (χ4v) is 2.80. The molecule has 11 heteroatoms. The lowest BCUT2D eigenvalue weighted by molar-refractivity contribution is -0.384. The molecule has 3 amide bonds. The van der Waals surface area contributed by atoms with E-state index < -0.39 is 29.4 Å². The molecular weight excluding hydrogens is 384 g/mol. The average Bonchev–Trinajstić information content (AvgIpc) is 2.71. The summed E-state index contributed by atoms with van der Waals surface area (Å²) in [7, 11) is 0. The first kappa shape index (κ1) is 21.8. The molecule has 0 spiro atoms. The number of nitrogens with zero attached hydrogens (tertiary/aromatic N) is 3. The number of hydrogen-bond acceptors (Lipinski definition) is 7. The van der Waals surface area contributed by atoms with Crippen molar-refractivity contribution in [1.82, 2.24) is 15.1 Å². The lowest BCUT2D eigenvalue weighted by atomic mass is 10.2. The van der Waals surface area contributed by atoms with Crippen molar-refractivity contribution >= 4 is 29.4 Å². The molecule has 1 aromatic carbocycles. The van der Waals surface area contributed by atoms with Crippen molar-refractivity contribution in [2.75, 3.05) is 32.7 Å². The number of esters is 1. The summed E-state index contributed by atoms with van der Waals surface area (Å²) < 4.78 is 5.05. The summed E-state index contributed by atoms with van der Waals surface area (Å²) in [5, 5.41) is 13.1. The molecule has 1 fully saturated rings. The van der Waals surface area contributed by atoms with Gasteiger partial charge in [0.1, 0.15) is 6.54 Å². The van der Waals surface area contributed by atoms with Crippen LogP contribution >= 0.6 is 0 Å². The third-order valence-electron chi connectivity index (χ3n) is 4.41. The zero-order chi connectivity index (χ0) is 21.6. The number of nitro groups is 1. The highest BCUT2D eigenvalue weighted by molar-refractivity contribution is 5.96. The number of non-ortho nitro benzene ring substituents is 1. The van der Waals surface area contributed by atoms with Gasteiger partial charge >= 0.3 is 5.97 Å². The minimum Gasteiger partial charge on any atom is -0.451 e. The van der Waals surface area contributed by atoms with Crippen LogP contribution in [0.3, 0.4) is 0 Å². The maximum atomic E-state index is 12.4. The Bertz CT molecular complexity index is 818. The number of nitro benzene ring substituents is 1. The standard InChI is InChI=1S/C18H22N4O7/c1-12(18(26)21-8-6-20(7-9-21)13(2)23)29-16(24)11-19-17(25)14-4-3-5-15(10-14)22(27)28/h3-5,10,12H,6-9,11H2,1-2H3,(H,19,25). The number of hydrogen-bond donors (Lipinski definition) is 1. The van der Waals surface area contributed by atoms with Crippen LogP contribution < -0.4 is 5.32 Å². The van der Waals surface area contributed by atoms with Crippen LogP contribution in [0.4, 0.5) is 5.69 Å². The van der Waals surface area contributed by atoms with E-state index in [0.29, 0.717) is 26.2 Å². The minimum absolute atomic E-state index is 0.0273. The number of rotatable bonds is 6. The van der Waals surface area contributed by atoms with Crippen molar-refractivity contribution in [2.45, 2.75) is 20.0 Å². The summed E-state index contributed by atoms with van der Waals surface area (Å²) in [6, 6.07) is 5.07. The lowest BCUT2D eigenvalue weighted by Crippen LogP contribution is -2.52. The maximum Gasteiger partial charge on any atom is 0.326 e. The second kappa shape index (κ2) is 9.62. The largest absolute Gasteiger partial charge is 0.451 e. The van der Waals surface area contributed by atoms with Gasteiger partial charge in [-0.25, -0.2) is 0 Å². The number of nitrogens with one attached hydrogen (secondary N) is 1. The van der Waals surface area contributed by atoms with E-state index >= 15 is 0 Å². The van der Waals surface area contributed by atoms with Crippen molar-refractivity contribution < 1.29 is 28.8 Å². The molecule has 156 valence electrons. The first-order valence-corrected chi connectivity index (χ1v) is 8.95. The second-order valence-electron chi connectivity index (χ2n) is 6.45. The Morgan fingerprint density at radius 2 is 1.79 bits per heavy atom. The normalized spacial score (nSPS) is 14.7. The molecule has 0 aliphatic carbocycles. The van der Waals surface area contributed by atoms with Crippen molar-refractivity contribution in [3.8, 4) is 0 Å². The highest BCUT2D eigenvalue weighted by atomic mass is 16.6. The molecule has 29 heavy (non-hydrogen) atoms. The Labute approximate surface area is 166 Å². The monoisotopic (exact) mass is 406 g/mol. The summed E-state index contributed by atoms with van der Waals surface area (Å²) in [5.74, 6) is -1.93. The Morgan fingerprint density at radius 3 is 2.38 bits per heavy atom. The van der Waals surface area contributed by atoms with Crippen LogP contribution in [0.5, 0.6) is 0 Å². The number of benzene rings is 1. The van der Waals surface area contributed by atoms with Crippen LogP contribution in [-0.4, -0.2) is 77.2 Å². The molecule has 1 N–H and O–H groups in total. The molecule has 11 nitrogen and oxygen atoms in total. The lowest BCUT2D eigenvalue weighted by Gasteiger charge is -2.35. The Hall–Kier alpha value is -3.50. The van der Waals surface area contributed by atoms with Gasteiger partial charge in [0.05, 0.1) is 4.92 Å². The van der Waals surface area contributed by atoms with E-state index in [1.165, 1.54) is 36.9 Å². The maximum absolute atomic E-state index is 12.4. The smallest absolute Gasteiger partial charge is 0.326 e. The van der Waals surface area contributed by atoms with Crippen molar-refractivity contribution in [2.24, 2.45) is 0 Å². The van der Waals surface area contributed by atoms with E-state index in [2.05, 4.69) is 5.32 Å². The zero-order valence-corrected chi connectivity index (χ0v) is 16.1. The summed E-state index contributed by atoms with van der Waals surface area (Å²) in [5.41, 5.74) is -0.219. The Morgan fingerprint density at radius 1 is 1.17 bits per heavy atom. The van der Waals surface area contributed by atoms with Gasteiger partial charge in [0.25, 0.3) is 17.5 Å². The van der Waals surface area contributed by atoms with Crippen molar-refractivity contribution in [1.29, 1.82) is 0 Å². The van der Waals surface area contributed by atoms with Gasteiger partial charge in [0, 0.05) is 50.8 Å². The van der Waals surface area contributed by atoms with E-state index in [-0.39, 0.29) is 23.1 Å². The summed E-state index contributed by atoms with van der Waals surface area (Å²) >= 11 is 0. The fraction of sp³-hybridized carbons (Fsp3) is 0.444. The third-order valence-corrected chi connectivity index (χ3v) is 4.41. The van der Waals surface area contributed by atoms with Gasteiger partial charge in [-0.1, -0.05) is 6.07 Å². The first-order chi connectivity index (χ1) is 13.7. The molecule has 1 atom stereocenters. The highest BCUT2D eigenvalue weighted by Crippen LogP contribution is 2.13. The molecule has 1 aliphatic rings. The molecule has 1 saturated heterocycles.